The van der Waals surface area contributed by atoms with Gasteiger partial charge >= 0.3 is 5.97 Å². The van der Waals surface area contributed by atoms with Crippen molar-refractivity contribution in [3.63, 3.8) is 0 Å². The number of nitrogens with one attached hydrogen (secondary N) is 1. The fourth-order valence-electron chi connectivity index (χ4n) is 3.14. The number of carbonyl (C=O) groups is 2. The van der Waals surface area contributed by atoms with Crippen LogP contribution in [0.2, 0.25) is 0 Å². The number of methoxy groups -OCH3 is 1. The van der Waals surface area contributed by atoms with Crippen molar-refractivity contribution >= 4 is 27.6 Å². The van der Waals surface area contributed by atoms with Gasteiger partial charge in [-0.25, -0.2) is 13.2 Å². The zero-order valence-corrected chi connectivity index (χ0v) is 16.0. The second-order valence-corrected chi connectivity index (χ2v) is 8.44. The van der Waals surface area contributed by atoms with Gasteiger partial charge in [-0.2, -0.15) is 0 Å². The molecule has 0 saturated heterocycles. The second kappa shape index (κ2) is 9.02. The molecule has 0 heterocycles. The van der Waals surface area contributed by atoms with Gasteiger partial charge in [0.1, 0.15) is 0 Å². The Morgan fingerprint density at radius 3 is 2.54 bits per heavy atom. The molecule has 1 N–H and O–H groups in total. The molecule has 1 aliphatic rings. The summed E-state index contributed by atoms with van der Waals surface area (Å²) in [4.78, 5) is 23.9. The summed E-state index contributed by atoms with van der Waals surface area (Å²) in [5.74, 6) is -0.704. The lowest BCUT2D eigenvalue weighted by molar-refractivity contribution is -0.121. The minimum Gasteiger partial charge on any atom is -0.465 e. The van der Waals surface area contributed by atoms with Gasteiger partial charge in [0.15, 0.2) is 0 Å². The van der Waals surface area contributed by atoms with Crippen LogP contribution in [0.4, 0.5) is 5.69 Å². The molecule has 1 amide bonds. The Bertz CT molecular complexity index is 742. The average Bonchev–Trinajstić information content (AvgIpc) is 2.61. The van der Waals surface area contributed by atoms with Crippen LogP contribution >= 0.6 is 0 Å². The Morgan fingerprint density at radius 2 is 1.92 bits per heavy atom. The van der Waals surface area contributed by atoms with E-state index in [0.717, 1.165) is 36.2 Å². The van der Waals surface area contributed by atoms with Gasteiger partial charge in [0, 0.05) is 19.0 Å². The molecule has 26 heavy (non-hydrogen) atoms. The molecule has 0 radical (unpaired) electrons. The van der Waals surface area contributed by atoms with Crippen LogP contribution in [-0.4, -0.2) is 46.2 Å². The highest BCUT2D eigenvalue weighted by Gasteiger charge is 2.21. The van der Waals surface area contributed by atoms with Crippen molar-refractivity contribution in [3.8, 4) is 0 Å². The Balaban J connectivity index is 2.06. The molecule has 1 aliphatic carbocycles. The fraction of sp³-hybridized carbons (Fsp3) is 0.556. The summed E-state index contributed by atoms with van der Waals surface area (Å²) in [7, 11) is -2.33. The normalized spacial score (nSPS) is 15.3. The van der Waals surface area contributed by atoms with Gasteiger partial charge in [0.05, 0.1) is 24.6 Å². The molecule has 1 aromatic rings. The van der Waals surface area contributed by atoms with E-state index in [-0.39, 0.29) is 30.5 Å². The molecular formula is C18H26N2O5S. The predicted octanol–water partition coefficient (Wildman–Crippen LogP) is 2.08. The number of anilines is 1. The van der Waals surface area contributed by atoms with Gasteiger partial charge in [0.25, 0.3) is 0 Å². The standard InChI is InChI=1S/C18H26N2O5S/c1-25-18(22)14-7-6-10-16(13-14)20(26(2,23)24)12-11-17(21)19-15-8-4-3-5-9-15/h6-7,10,13,15H,3-5,8-9,11-12H2,1-2H3,(H,19,21). The third-order valence-electron chi connectivity index (χ3n) is 4.47. The van der Waals surface area contributed by atoms with Gasteiger partial charge < -0.3 is 10.1 Å². The van der Waals surface area contributed by atoms with Gasteiger partial charge in [-0.3, -0.25) is 9.10 Å². The number of ether oxygens (including phenoxy) is 1. The minimum absolute atomic E-state index is 0.0159. The average molecular weight is 382 g/mol. The molecule has 1 saturated carbocycles. The molecule has 0 aromatic heterocycles. The number of amides is 1. The summed E-state index contributed by atoms with van der Waals surface area (Å²) < 4.78 is 30.1. The SMILES string of the molecule is COC(=O)c1cccc(N(CCC(=O)NC2CCCCC2)S(C)(=O)=O)c1. The first-order chi connectivity index (χ1) is 12.3. The molecule has 0 bridgehead atoms. The fourth-order valence-corrected chi connectivity index (χ4v) is 4.06. The highest BCUT2D eigenvalue weighted by Crippen LogP contribution is 2.21. The second-order valence-electron chi connectivity index (χ2n) is 6.53. The van der Waals surface area contributed by atoms with Crippen LogP contribution in [0, 0.1) is 0 Å². The summed E-state index contributed by atoms with van der Waals surface area (Å²) in [5, 5.41) is 2.98. The first-order valence-corrected chi connectivity index (χ1v) is 10.6. The topological polar surface area (TPSA) is 92.8 Å². The van der Waals surface area contributed by atoms with Crippen molar-refractivity contribution in [1.29, 1.82) is 0 Å². The lowest BCUT2D eigenvalue weighted by Gasteiger charge is -2.25. The van der Waals surface area contributed by atoms with E-state index >= 15 is 0 Å². The Morgan fingerprint density at radius 1 is 1.23 bits per heavy atom. The van der Waals surface area contributed by atoms with E-state index in [2.05, 4.69) is 10.1 Å². The highest BCUT2D eigenvalue weighted by molar-refractivity contribution is 7.92. The molecule has 144 valence electrons. The Hall–Kier alpha value is -2.09. The summed E-state index contributed by atoms with van der Waals surface area (Å²) in [5.41, 5.74) is 0.589. The molecule has 0 atom stereocenters. The van der Waals surface area contributed by atoms with E-state index in [9.17, 15) is 18.0 Å². The molecule has 0 unspecified atom stereocenters. The van der Waals surface area contributed by atoms with Crippen LogP contribution in [0.15, 0.2) is 24.3 Å². The van der Waals surface area contributed by atoms with Crippen LogP contribution in [0.25, 0.3) is 0 Å². The number of rotatable bonds is 7. The lowest BCUT2D eigenvalue weighted by Crippen LogP contribution is -2.39. The van der Waals surface area contributed by atoms with E-state index in [1.54, 1.807) is 18.2 Å². The molecular weight excluding hydrogens is 356 g/mol. The molecule has 0 aliphatic heterocycles. The first kappa shape index (κ1) is 20.2. The number of esters is 1. The quantitative estimate of drug-likeness (QED) is 0.729. The maximum Gasteiger partial charge on any atom is 0.337 e. The summed E-state index contributed by atoms with van der Waals surface area (Å²) >= 11 is 0. The van der Waals surface area contributed by atoms with Crippen LogP contribution < -0.4 is 9.62 Å². The number of nitrogens with zero attached hydrogens (tertiary/aromatic N) is 1. The minimum atomic E-state index is -3.59. The summed E-state index contributed by atoms with van der Waals surface area (Å²) in [6.07, 6.45) is 6.51. The molecule has 1 fully saturated rings. The third-order valence-corrected chi connectivity index (χ3v) is 5.66. The number of hydrogen-bond acceptors (Lipinski definition) is 5. The van der Waals surface area contributed by atoms with Crippen LogP contribution in [0.1, 0.15) is 48.9 Å². The number of sulfonamides is 1. The van der Waals surface area contributed by atoms with Crippen molar-refractivity contribution in [3.05, 3.63) is 29.8 Å². The van der Waals surface area contributed by atoms with Crippen molar-refractivity contribution < 1.29 is 22.7 Å². The molecule has 0 spiro atoms. The summed E-state index contributed by atoms with van der Waals surface area (Å²) in [6.45, 7) is 0.0159. The maximum atomic E-state index is 12.2. The molecule has 7 nitrogen and oxygen atoms in total. The maximum absolute atomic E-state index is 12.2. The van der Waals surface area contributed by atoms with Gasteiger partial charge in [-0.15, -0.1) is 0 Å². The van der Waals surface area contributed by atoms with E-state index in [1.807, 2.05) is 0 Å². The van der Waals surface area contributed by atoms with E-state index < -0.39 is 16.0 Å². The van der Waals surface area contributed by atoms with Crippen LogP contribution in [0.5, 0.6) is 0 Å². The smallest absolute Gasteiger partial charge is 0.337 e. The van der Waals surface area contributed by atoms with Crippen molar-refractivity contribution in [2.45, 2.75) is 44.6 Å². The largest absolute Gasteiger partial charge is 0.465 e. The Kier molecular flexibility index (Phi) is 7.02. The molecule has 1 aromatic carbocycles. The molecule has 2 rings (SSSR count). The van der Waals surface area contributed by atoms with Crippen LogP contribution in [0.3, 0.4) is 0 Å². The predicted molar refractivity (Wildman–Crippen MR) is 99.6 cm³/mol. The Labute approximate surface area is 154 Å². The number of carbonyl (C=O) groups excluding carboxylic acids is 2. The first-order valence-electron chi connectivity index (χ1n) is 8.76. The highest BCUT2D eigenvalue weighted by atomic mass is 32.2. The zero-order chi connectivity index (χ0) is 19.2. The van der Waals surface area contributed by atoms with Crippen molar-refractivity contribution in [1.82, 2.24) is 5.32 Å². The van der Waals surface area contributed by atoms with Crippen molar-refractivity contribution in [2.24, 2.45) is 0 Å². The van der Waals surface area contributed by atoms with E-state index in [1.165, 1.54) is 19.6 Å². The number of benzene rings is 1. The zero-order valence-electron chi connectivity index (χ0n) is 15.2. The van der Waals surface area contributed by atoms with Gasteiger partial charge in [-0.1, -0.05) is 25.3 Å². The monoisotopic (exact) mass is 382 g/mol. The number of hydrogen-bond donors (Lipinski definition) is 1. The van der Waals surface area contributed by atoms with Crippen molar-refractivity contribution in [2.75, 3.05) is 24.2 Å². The summed E-state index contributed by atoms with van der Waals surface area (Å²) in [6, 6.07) is 6.36. The van der Waals surface area contributed by atoms with Gasteiger partial charge in [0.2, 0.25) is 15.9 Å². The lowest BCUT2D eigenvalue weighted by atomic mass is 9.95. The van der Waals surface area contributed by atoms with E-state index in [0.29, 0.717) is 5.69 Å². The third kappa shape index (κ3) is 5.72. The van der Waals surface area contributed by atoms with Crippen LogP contribution in [-0.2, 0) is 19.6 Å². The van der Waals surface area contributed by atoms with Gasteiger partial charge in [-0.05, 0) is 31.0 Å². The molecule has 8 heteroatoms. The van der Waals surface area contributed by atoms with E-state index in [4.69, 9.17) is 0 Å².